The van der Waals surface area contributed by atoms with Crippen molar-refractivity contribution >= 4 is 17.5 Å². The lowest BCUT2D eigenvalue weighted by molar-refractivity contribution is 0.0952. The molecule has 2 N–H and O–H groups in total. The van der Waals surface area contributed by atoms with Gasteiger partial charge in [0.1, 0.15) is 0 Å². The van der Waals surface area contributed by atoms with Gasteiger partial charge in [-0.25, -0.2) is 0 Å². The second-order valence-corrected chi connectivity index (χ2v) is 6.70. The molecule has 0 aliphatic carbocycles. The average molecular weight is 353 g/mol. The van der Waals surface area contributed by atoms with E-state index in [2.05, 4.69) is 15.5 Å². The highest BCUT2D eigenvalue weighted by Crippen LogP contribution is 2.19. The zero-order valence-electron chi connectivity index (χ0n) is 15.9. The predicted molar refractivity (Wildman–Crippen MR) is 106 cm³/mol. The highest BCUT2D eigenvalue weighted by molar-refractivity contribution is 6.06. The SMILES string of the molecule is Cc1cccc(NC(=O)c2cccc(C(=O)NCCCN(C)C)c2)c1C. The topological polar surface area (TPSA) is 61.4 Å². The van der Waals surface area contributed by atoms with Crippen LogP contribution in [-0.4, -0.2) is 43.9 Å². The summed E-state index contributed by atoms with van der Waals surface area (Å²) in [6, 6.07) is 12.6. The van der Waals surface area contributed by atoms with E-state index in [4.69, 9.17) is 0 Å². The summed E-state index contributed by atoms with van der Waals surface area (Å²) in [4.78, 5) is 26.9. The minimum Gasteiger partial charge on any atom is -0.352 e. The molecule has 0 atom stereocenters. The van der Waals surface area contributed by atoms with E-state index in [0.29, 0.717) is 17.7 Å². The number of aryl methyl sites for hydroxylation is 1. The molecule has 26 heavy (non-hydrogen) atoms. The highest BCUT2D eigenvalue weighted by Gasteiger charge is 2.12. The average Bonchev–Trinajstić information content (AvgIpc) is 2.62. The van der Waals surface area contributed by atoms with Crippen molar-refractivity contribution in [1.29, 1.82) is 0 Å². The Morgan fingerprint density at radius 3 is 2.31 bits per heavy atom. The zero-order valence-corrected chi connectivity index (χ0v) is 15.9. The Balaban J connectivity index is 2.02. The molecule has 5 nitrogen and oxygen atoms in total. The van der Waals surface area contributed by atoms with Gasteiger partial charge in [-0.3, -0.25) is 9.59 Å². The van der Waals surface area contributed by atoms with Crippen molar-refractivity contribution in [2.75, 3.05) is 32.5 Å². The van der Waals surface area contributed by atoms with E-state index in [1.807, 2.05) is 46.1 Å². The number of carbonyl (C=O) groups excluding carboxylic acids is 2. The van der Waals surface area contributed by atoms with Gasteiger partial charge in [-0.1, -0.05) is 18.2 Å². The Bertz CT molecular complexity index is 785. The number of hydrogen-bond acceptors (Lipinski definition) is 3. The lowest BCUT2D eigenvalue weighted by Crippen LogP contribution is -2.27. The lowest BCUT2D eigenvalue weighted by atomic mass is 10.1. The maximum atomic E-state index is 12.5. The minimum atomic E-state index is -0.221. The molecule has 5 heteroatoms. The van der Waals surface area contributed by atoms with Crippen LogP contribution in [0.2, 0.25) is 0 Å². The van der Waals surface area contributed by atoms with Crippen LogP contribution in [0.5, 0.6) is 0 Å². The molecule has 0 saturated carbocycles. The monoisotopic (exact) mass is 353 g/mol. The van der Waals surface area contributed by atoms with Crippen LogP contribution in [0.3, 0.4) is 0 Å². The van der Waals surface area contributed by atoms with E-state index in [-0.39, 0.29) is 11.8 Å². The van der Waals surface area contributed by atoms with Crippen molar-refractivity contribution in [1.82, 2.24) is 10.2 Å². The number of nitrogens with one attached hydrogen (secondary N) is 2. The summed E-state index contributed by atoms with van der Waals surface area (Å²) < 4.78 is 0. The van der Waals surface area contributed by atoms with Crippen molar-refractivity contribution in [2.45, 2.75) is 20.3 Å². The fraction of sp³-hybridized carbons (Fsp3) is 0.333. The van der Waals surface area contributed by atoms with Gasteiger partial charge in [0.15, 0.2) is 0 Å². The van der Waals surface area contributed by atoms with Gasteiger partial charge in [-0.05, 0) is 76.3 Å². The molecule has 0 unspecified atom stereocenters. The second-order valence-electron chi connectivity index (χ2n) is 6.70. The maximum absolute atomic E-state index is 12.5. The Hall–Kier alpha value is -2.66. The minimum absolute atomic E-state index is 0.162. The zero-order chi connectivity index (χ0) is 19.1. The molecular weight excluding hydrogens is 326 g/mol. The number of nitrogens with zero attached hydrogens (tertiary/aromatic N) is 1. The van der Waals surface area contributed by atoms with Crippen molar-refractivity contribution in [3.8, 4) is 0 Å². The van der Waals surface area contributed by atoms with Crippen molar-refractivity contribution < 1.29 is 9.59 Å². The Morgan fingerprint density at radius 1 is 0.962 bits per heavy atom. The first-order chi connectivity index (χ1) is 12.4. The van der Waals surface area contributed by atoms with Crippen LogP contribution in [0, 0.1) is 13.8 Å². The van der Waals surface area contributed by atoms with Gasteiger partial charge in [0, 0.05) is 23.4 Å². The molecule has 2 rings (SSSR count). The number of rotatable bonds is 7. The van der Waals surface area contributed by atoms with E-state index in [1.54, 1.807) is 24.3 Å². The van der Waals surface area contributed by atoms with Gasteiger partial charge >= 0.3 is 0 Å². The van der Waals surface area contributed by atoms with Crippen LogP contribution in [0.15, 0.2) is 42.5 Å². The van der Waals surface area contributed by atoms with Crippen LogP contribution in [0.4, 0.5) is 5.69 Å². The van der Waals surface area contributed by atoms with E-state index in [0.717, 1.165) is 29.8 Å². The molecule has 2 aromatic rings. The number of amides is 2. The van der Waals surface area contributed by atoms with E-state index < -0.39 is 0 Å². The van der Waals surface area contributed by atoms with E-state index >= 15 is 0 Å². The molecule has 0 fully saturated rings. The summed E-state index contributed by atoms with van der Waals surface area (Å²) in [5.74, 6) is -0.383. The predicted octanol–water partition coefficient (Wildman–Crippen LogP) is 3.24. The molecule has 2 aromatic carbocycles. The van der Waals surface area contributed by atoms with Crippen molar-refractivity contribution in [3.63, 3.8) is 0 Å². The first kappa shape index (κ1) is 19.7. The third-order valence-corrected chi connectivity index (χ3v) is 4.31. The molecule has 138 valence electrons. The molecule has 2 amide bonds. The third-order valence-electron chi connectivity index (χ3n) is 4.31. The second kappa shape index (κ2) is 9.15. The largest absolute Gasteiger partial charge is 0.352 e. The Morgan fingerprint density at radius 2 is 1.62 bits per heavy atom. The summed E-state index contributed by atoms with van der Waals surface area (Å²) in [7, 11) is 4.00. The third kappa shape index (κ3) is 5.43. The maximum Gasteiger partial charge on any atom is 0.255 e. The fourth-order valence-electron chi connectivity index (χ4n) is 2.58. The van der Waals surface area contributed by atoms with E-state index in [1.165, 1.54) is 0 Å². The normalized spacial score (nSPS) is 10.7. The summed E-state index contributed by atoms with van der Waals surface area (Å²) in [5, 5.41) is 5.81. The Labute approximate surface area is 155 Å². The van der Waals surface area contributed by atoms with Gasteiger partial charge < -0.3 is 15.5 Å². The fourth-order valence-corrected chi connectivity index (χ4v) is 2.58. The highest BCUT2D eigenvalue weighted by atomic mass is 16.2. The number of hydrogen-bond donors (Lipinski definition) is 2. The standard InChI is InChI=1S/C21H27N3O2/c1-15-8-5-11-19(16(15)2)23-21(26)18-10-6-9-17(14-18)20(25)22-12-7-13-24(3)4/h5-6,8-11,14H,7,12-13H2,1-4H3,(H,22,25)(H,23,26). The summed E-state index contributed by atoms with van der Waals surface area (Å²) in [5.41, 5.74) is 3.90. The van der Waals surface area contributed by atoms with Crippen molar-refractivity contribution in [2.24, 2.45) is 0 Å². The van der Waals surface area contributed by atoms with Gasteiger partial charge in [-0.2, -0.15) is 0 Å². The summed E-state index contributed by atoms with van der Waals surface area (Å²) in [6.07, 6.45) is 0.881. The molecular formula is C21H27N3O2. The van der Waals surface area contributed by atoms with Crippen LogP contribution >= 0.6 is 0 Å². The quantitative estimate of drug-likeness (QED) is 0.751. The molecule has 0 aliphatic heterocycles. The van der Waals surface area contributed by atoms with Gasteiger partial charge in [0.05, 0.1) is 0 Å². The van der Waals surface area contributed by atoms with Gasteiger partial charge in [0.25, 0.3) is 11.8 Å². The van der Waals surface area contributed by atoms with Crippen LogP contribution in [-0.2, 0) is 0 Å². The van der Waals surface area contributed by atoms with E-state index in [9.17, 15) is 9.59 Å². The number of anilines is 1. The summed E-state index contributed by atoms with van der Waals surface area (Å²) >= 11 is 0. The van der Waals surface area contributed by atoms with Crippen LogP contribution in [0.1, 0.15) is 38.3 Å². The molecule has 0 radical (unpaired) electrons. The first-order valence-electron chi connectivity index (χ1n) is 8.79. The number of carbonyl (C=O) groups is 2. The summed E-state index contributed by atoms with van der Waals surface area (Å²) in [6.45, 7) is 5.50. The molecule has 0 heterocycles. The molecule has 0 aromatic heterocycles. The van der Waals surface area contributed by atoms with Gasteiger partial charge in [0.2, 0.25) is 0 Å². The Kier molecular flexibility index (Phi) is 6.92. The molecule has 0 saturated heterocycles. The van der Waals surface area contributed by atoms with Crippen LogP contribution < -0.4 is 10.6 Å². The lowest BCUT2D eigenvalue weighted by Gasteiger charge is -2.12. The molecule has 0 spiro atoms. The molecule has 0 aliphatic rings. The van der Waals surface area contributed by atoms with Crippen LogP contribution in [0.25, 0.3) is 0 Å². The first-order valence-corrected chi connectivity index (χ1v) is 8.79. The van der Waals surface area contributed by atoms with Gasteiger partial charge in [-0.15, -0.1) is 0 Å². The van der Waals surface area contributed by atoms with Crippen molar-refractivity contribution in [3.05, 3.63) is 64.7 Å². The number of benzene rings is 2. The molecule has 0 bridgehead atoms. The smallest absolute Gasteiger partial charge is 0.255 e.